The molecule has 2 heterocycles. The Morgan fingerprint density at radius 1 is 1.41 bits per heavy atom. The third-order valence-electron chi connectivity index (χ3n) is 1.77. The van der Waals surface area contributed by atoms with Crippen molar-refractivity contribution in [1.29, 1.82) is 0 Å². The van der Waals surface area contributed by atoms with E-state index in [0.29, 0.717) is 6.54 Å². The molecule has 2 rings (SSSR count). The quantitative estimate of drug-likeness (QED) is 0.643. The van der Waals surface area contributed by atoms with Gasteiger partial charge >= 0.3 is 0 Å². The average Bonchev–Trinajstić information content (AvgIpc) is 2.93. The van der Waals surface area contributed by atoms with Crippen molar-refractivity contribution in [3.05, 3.63) is 34.0 Å². The van der Waals surface area contributed by atoms with Crippen LogP contribution < -0.4 is 5.32 Å². The molecule has 1 N–H and O–H groups in total. The summed E-state index contributed by atoms with van der Waals surface area (Å²) in [6.45, 7) is 4.35. The van der Waals surface area contributed by atoms with Crippen LogP contribution in [0.1, 0.15) is 4.88 Å². The topological polar surface area (TPSA) is 37.8 Å². The Labute approximate surface area is 117 Å². The van der Waals surface area contributed by atoms with Gasteiger partial charge in [-0.3, -0.25) is 0 Å². The third-order valence-corrected chi connectivity index (χ3v) is 5.25. The summed E-state index contributed by atoms with van der Waals surface area (Å²) in [5.74, 6) is 0.882. The van der Waals surface area contributed by atoms with Gasteiger partial charge in [0.1, 0.15) is 0 Å². The molecule has 0 radical (unpaired) electrons. The standard InChI is InChI=1S/C10H10ClN3S3/c1-2-5-12-9-13-14-10(17-9)15-6-7-3-4-8(11)16-7/h2-4H,1,5-6H2,(H,12,13). The first-order valence-corrected chi connectivity index (χ1v) is 7.83. The van der Waals surface area contributed by atoms with Gasteiger partial charge in [0, 0.05) is 17.2 Å². The lowest BCUT2D eigenvalue weighted by molar-refractivity contribution is 1.01. The molecular formula is C10H10ClN3S3. The van der Waals surface area contributed by atoms with Crippen LogP contribution in [0.3, 0.4) is 0 Å². The van der Waals surface area contributed by atoms with E-state index in [1.807, 2.05) is 12.1 Å². The van der Waals surface area contributed by atoms with Gasteiger partial charge in [-0.15, -0.1) is 28.1 Å². The van der Waals surface area contributed by atoms with Crippen LogP contribution in [0.4, 0.5) is 5.13 Å². The molecule has 0 saturated heterocycles. The predicted octanol–water partition coefficient (Wildman–Crippen LogP) is 4.14. The minimum Gasteiger partial charge on any atom is -0.357 e. The van der Waals surface area contributed by atoms with Gasteiger partial charge in [-0.2, -0.15) is 0 Å². The Morgan fingerprint density at radius 2 is 2.29 bits per heavy atom. The summed E-state index contributed by atoms with van der Waals surface area (Å²) >= 11 is 10.7. The summed E-state index contributed by atoms with van der Waals surface area (Å²) in [5, 5.41) is 12.1. The van der Waals surface area contributed by atoms with Crippen LogP contribution in [-0.4, -0.2) is 16.7 Å². The zero-order valence-electron chi connectivity index (χ0n) is 8.85. The summed E-state index contributed by atoms with van der Waals surface area (Å²) in [4.78, 5) is 1.25. The van der Waals surface area contributed by atoms with Gasteiger partial charge in [-0.1, -0.05) is 40.8 Å². The van der Waals surface area contributed by atoms with Crippen molar-refractivity contribution in [2.75, 3.05) is 11.9 Å². The van der Waals surface area contributed by atoms with Crippen molar-refractivity contribution < 1.29 is 0 Å². The van der Waals surface area contributed by atoms with E-state index < -0.39 is 0 Å². The maximum atomic E-state index is 5.87. The van der Waals surface area contributed by atoms with E-state index in [9.17, 15) is 0 Å². The fourth-order valence-corrected chi connectivity index (χ4v) is 3.95. The lowest BCUT2D eigenvalue weighted by atomic mass is 10.5. The minimum atomic E-state index is 0.708. The van der Waals surface area contributed by atoms with Crippen molar-refractivity contribution in [3.63, 3.8) is 0 Å². The van der Waals surface area contributed by atoms with Gasteiger partial charge < -0.3 is 5.32 Å². The lowest BCUT2D eigenvalue weighted by Crippen LogP contribution is -1.96. The number of anilines is 1. The minimum absolute atomic E-state index is 0.708. The highest BCUT2D eigenvalue weighted by molar-refractivity contribution is 8.00. The first-order valence-electron chi connectivity index (χ1n) is 4.83. The van der Waals surface area contributed by atoms with Crippen LogP contribution in [0.25, 0.3) is 0 Å². The van der Waals surface area contributed by atoms with Crippen molar-refractivity contribution in [1.82, 2.24) is 10.2 Å². The zero-order valence-corrected chi connectivity index (χ0v) is 12.1. The molecule has 0 atom stereocenters. The monoisotopic (exact) mass is 303 g/mol. The molecule has 0 aromatic carbocycles. The number of thiophene rings is 1. The summed E-state index contributed by atoms with van der Waals surface area (Å²) in [5.41, 5.74) is 0. The normalized spacial score (nSPS) is 10.4. The fraction of sp³-hybridized carbons (Fsp3) is 0.200. The number of nitrogens with zero attached hydrogens (tertiary/aromatic N) is 2. The van der Waals surface area contributed by atoms with E-state index in [1.165, 1.54) is 4.88 Å². The summed E-state index contributed by atoms with van der Waals surface area (Å²) < 4.78 is 1.78. The first-order chi connectivity index (χ1) is 8.28. The summed E-state index contributed by atoms with van der Waals surface area (Å²) in [7, 11) is 0. The van der Waals surface area contributed by atoms with E-state index in [4.69, 9.17) is 11.6 Å². The van der Waals surface area contributed by atoms with Crippen LogP contribution in [0.2, 0.25) is 4.34 Å². The molecule has 0 spiro atoms. The number of hydrogen-bond acceptors (Lipinski definition) is 6. The molecule has 90 valence electrons. The third kappa shape index (κ3) is 3.99. The van der Waals surface area contributed by atoms with Crippen LogP contribution in [-0.2, 0) is 5.75 Å². The molecule has 2 aromatic rings. The second kappa shape index (κ2) is 6.39. The number of thioether (sulfide) groups is 1. The van der Waals surface area contributed by atoms with Crippen molar-refractivity contribution in [3.8, 4) is 0 Å². The van der Waals surface area contributed by atoms with Crippen LogP contribution in [0, 0.1) is 0 Å². The highest BCUT2D eigenvalue weighted by Gasteiger charge is 2.05. The Morgan fingerprint density at radius 3 is 3.00 bits per heavy atom. The predicted molar refractivity (Wildman–Crippen MR) is 77.5 cm³/mol. The van der Waals surface area contributed by atoms with Gasteiger partial charge in [0.25, 0.3) is 0 Å². The van der Waals surface area contributed by atoms with E-state index in [0.717, 1.165) is 19.6 Å². The molecule has 0 unspecified atom stereocenters. The highest BCUT2D eigenvalue weighted by Crippen LogP contribution is 2.31. The number of halogens is 1. The largest absolute Gasteiger partial charge is 0.357 e. The van der Waals surface area contributed by atoms with E-state index >= 15 is 0 Å². The number of nitrogens with one attached hydrogen (secondary N) is 1. The number of hydrogen-bond donors (Lipinski definition) is 1. The molecule has 17 heavy (non-hydrogen) atoms. The van der Waals surface area contributed by atoms with Gasteiger partial charge in [0.2, 0.25) is 5.13 Å². The molecule has 7 heteroatoms. The van der Waals surface area contributed by atoms with Crippen LogP contribution >= 0.6 is 46.0 Å². The van der Waals surface area contributed by atoms with Gasteiger partial charge in [0.05, 0.1) is 4.34 Å². The van der Waals surface area contributed by atoms with Crippen LogP contribution in [0.5, 0.6) is 0 Å². The molecule has 0 aliphatic carbocycles. The fourth-order valence-electron chi connectivity index (χ4n) is 1.06. The van der Waals surface area contributed by atoms with Gasteiger partial charge in [0.15, 0.2) is 4.34 Å². The highest BCUT2D eigenvalue weighted by atomic mass is 35.5. The van der Waals surface area contributed by atoms with Crippen molar-refractivity contribution in [2.45, 2.75) is 10.1 Å². The smallest absolute Gasteiger partial charge is 0.206 e. The maximum Gasteiger partial charge on any atom is 0.206 e. The number of aromatic nitrogens is 2. The molecule has 0 fully saturated rings. The molecule has 0 aliphatic rings. The Hall–Kier alpha value is -0.560. The summed E-state index contributed by atoms with van der Waals surface area (Å²) in [6, 6.07) is 3.96. The van der Waals surface area contributed by atoms with E-state index in [-0.39, 0.29) is 0 Å². The Bertz CT molecular complexity index is 494. The van der Waals surface area contributed by atoms with Crippen LogP contribution in [0.15, 0.2) is 29.1 Å². The number of rotatable bonds is 6. The van der Waals surface area contributed by atoms with Gasteiger partial charge in [-0.25, -0.2) is 0 Å². The lowest BCUT2D eigenvalue weighted by Gasteiger charge is -1.93. The molecule has 2 aromatic heterocycles. The molecule has 0 bridgehead atoms. The second-order valence-electron chi connectivity index (χ2n) is 3.04. The summed E-state index contributed by atoms with van der Waals surface area (Å²) in [6.07, 6.45) is 1.79. The van der Waals surface area contributed by atoms with Crippen molar-refractivity contribution in [2.24, 2.45) is 0 Å². The maximum absolute atomic E-state index is 5.87. The van der Waals surface area contributed by atoms with E-state index in [2.05, 4.69) is 22.1 Å². The van der Waals surface area contributed by atoms with E-state index in [1.54, 1.807) is 40.5 Å². The van der Waals surface area contributed by atoms with Crippen molar-refractivity contribution >= 4 is 51.2 Å². The average molecular weight is 304 g/mol. The Kier molecular flexibility index (Phi) is 4.85. The first kappa shape index (κ1) is 12.9. The zero-order chi connectivity index (χ0) is 12.1. The van der Waals surface area contributed by atoms with Gasteiger partial charge in [-0.05, 0) is 12.1 Å². The molecular weight excluding hydrogens is 294 g/mol. The SMILES string of the molecule is C=CCNc1nnc(SCc2ccc(Cl)s2)s1. The molecule has 0 aliphatic heterocycles. The Balaban J connectivity index is 1.86. The molecule has 0 amide bonds. The molecule has 3 nitrogen and oxygen atoms in total. The molecule has 0 saturated carbocycles. The second-order valence-corrected chi connectivity index (χ2v) is 7.04.